The molecule has 0 amide bonds. The van der Waals surface area contributed by atoms with Crippen molar-refractivity contribution < 1.29 is 3.76 Å². The number of hydrogen-bond donors (Lipinski definition) is 0. The van der Waals surface area contributed by atoms with Gasteiger partial charge in [0.15, 0.2) is 0 Å². The normalized spacial score (nSPS) is 31.4. The van der Waals surface area contributed by atoms with E-state index in [4.69, 9.17) is 3.76 Å². The molecule has 120 valence electrons. The Morgan fingerprint density at radius 3 is 2.56 bits per heavy atom. The van der Waals surface area contributed by atoms with E-state index in [9.17, 15) is 0 Å². The van der Waals surface area contributed by atoms with Gasteiger partial charge in [-0.3, -0.25) is 0 Å². The van der Waals surface area contributed by atoms with Gasteiger partial charge in [-0.2, -0.15) is 0 Å². The molecule has 1 saturated carbocycles. The van der Waals surface area contributed by atoms with Crippen LogP contribution < -0.4 is 0 Å². The molecule has 1 unspecified atom stereocenters. The van der Waals surface area contributed by atoms with Crippen LogP contribution in [-0.4, -0.2) is 21.9 Å². The van der Waals surface area contributed by atoms with Crippen LogP contribution in [0, 0.1) is 5.92 Å². The number of rotatable bonds is 2. The van der Waals surface area contributed by atoms with Crippen LogP contribution in [0.1, 0.15) is 29.0 Å². The Labute approximate surface area is 154 Å². The molecule has 1 heterocycles. The number of allylic oxidation sites excluding steroid dienone is 5. The molecule has 1 aliphatic heterocycles. The minimum atomic E-state index is -0.423. The molecule has 3 aliphatic carbocycles. The third-order valence-electron chi connectivity index (χ3n) is 6.03. The molecule has 1 nitrogen and oxygen atoms in total. The summed E-state index contributed by atoms with van der Waals surface area (Å²) in [5, 5.41) is 0. The van der Waals surface area contributed by atoms with Gasteiger partial charge in [-0.1, -0.05) is 0 Å². The Hall–Kier alpha value is -1.84. The first-order valence-corrected chi connectivity index (χ1v) is 11.2. The zero-order valence-electron chi connectivity index (χ0n) is 13.9. The first-order valence-electron chi connectivity index (χ1n) is 9.10. The minimum absolute atomic E-state index is 0.301. The molecule has 2 heteroatoms. The van der Waals surface area contributed by atoms with Gasteiger partial charge in [0.05, 0.1) is 0 Å². The van der Waals surface area contributed by atoms with E-state index in [2.05, 4.69) is 72.8 Å². The van der Waals surface area contributed by atoms with Crippen molar-refractivity contribution in [2.45, 2.75) is 23.2 Å². The van der Waals surface area contributed by atoms with Gasteiger partial charge in [0.25, 0.3) is 0 Å². The Morgan fingerprint density at radius 2 is 1.68 bits per heavy atom. The van der Waals surface area contributed by atoms with Crippen molar-refractivity contribution in [3.8, 4) is 0 Å². The molecule has 1 fully saturated rings. The summed E-state index contributed by atoms with van der Waals surface area (Å²) in [4.78, 5) is 0. The average Bonchev–Trinajstić information content (AvgIpc) is 3.41. The summed E-state index contributed by atoms with van der Waals surface area (Å²) in [6.45, 7) is 0. The van der Waals surface area contributed by atoms with Crippen LogP contribution in [0.15, 0.2) is 78.4 Å². The van der Waals surface area contributed by atoms with Crippen molar-refractivity contribution in [1.82, 2.24) is 0 Å². The maximum atomic E-state index is 6.60. The van der Waals surface area contributed by atoms with Crippen molar-refractivity contribution in [1.29, 1.82) is 0 Å². The second-order valence-electron chi connectivity index (χ2n) is 7.39. The van der Waals surface area contributed by atoms with Crippen molar-refractivity contribution in [3.05, 3.63) is 95.1 Å². The summed E-state index contributed by atoms with van der Waals surface area (Å²) in [6.07, 6.45) is 8.48. The van der Waals surface area contributed by atoms with E-state index in [-0.39, 0.29) is 0 Å². The van der Waals surface area contributed by atoms with Crippen LogP contribution in [-0.2, 0) is 3.76 Å². The quantitative estimate of drug-likeness (QED) is 0.663. The van der Waals surface area contributed by atoms with Crippen molar-refractivity contribution >= 4 is 26.9 Å². The monoisotopic (exact) mass is 384 g/mol. The Kier molecular flexibility index (Phi) is 3.06. The fourth-order valence-corrected chi connectivity index (χ4v) is 7.33. The molecular weight excluding hydrogens is 365 g/mol. The number of benzene rings is 2. The molecule has 0 spiro atoms. The van der Waals surface area contributed by atoms with Crippen LogP contribution in [0.4, 0.5) is 0 Å². The molecule has 2 aromatic carbocycles. The van der Waals surface area contributed by atoms with Gasteiger partial charge in [-0.05, 0) is 0 Å². The summed E-state index contributed by atoms with van der Waals surface area (Å²) in [6, 6.07) is 19.9. The second-order valence-corrected chi connectivity index (χ2v) is 9.68. The summed E-state index contributed by atoms with van der Waals surface area (Å²) in [7, 11) is 0. The van der Waals surface area contributed by atoms with Crippen molar-refractivity contribution in [3.63, 3.8) is 0 Å². The first-order chi connectivity index (χ1) is 12.4. The molecular formula is C23H18GeO. The summed E-state index contributed by atoms with van der Waals surface area (Å²) in [5.74, 6) is 1.31. The van der Waals surface area contributed by atoms with Gasteiger partial charge in [-0.25, -0.2) is 0 Å². The van der Waals surface area contributed by atoms with Crippen molar-refractivity contribution in [2.24, 2.45) is 5.92 Å². The van der Waals surface area contributed by atoms with E-state index in [0.717, 1.165) is 0 Å². The van der Waals surface area contributed by atoms with Gasteiger partial charge in [0, 0.05) is 0 Å². The van der Waals surface area contributed by atoms with Gasteiger partial charge in [0.2, 0.25) is 0 Å². The van der Waals surface area contributed by atoms with Gasteiger partial charge in [-0.15, -0.1) is 0 Å². The van der Waals surface area contributed by atoms with Crippen LogP contribution in [0.3, 0.4) is 0 Å². The summed E-state index contributed by atoms with van der Waals surface area (Å²) in [5.41, 5.74) is 8.89. The van der Waals surface area contributed by atoms with Crippen LogP contribution in [0.5, 0.6) is 0 Å². The standard InChI is InChI=1S/C23H18GeO/c1-2-7-14(8-3-1)18-13-19(18)23-22-17-10-5-4-9-15(17)16-11-6-12-20(21(16)22)24-25-23/h1-12,18-20,23H,13H2/t18-,19+,20?,23+/m1/s1. The molecule has 6 rings (SSSR count). The van der Waals surface area contributed by atoms with Crippen LogP contribution >= 0.6 is 0 Å². The molecule has 25 heavy (non-hydrogen) atoms. The fraction of sp³-hybridized carbons (Fsp3) is 0.217. The second kappa shape index (κ2) is 5.33. The molecule has 0 aromatic heterocycles. The SMILES string of the molecule is C1=C[CH]2[Ge][O][C@@H]([C@H]3C[C@@H]3c3ccccc3)C3=C2C(=C1)c1ccccc13. The predicted octanol–water partition coefficient (Wildman–Crippen LogP) is 5.02. The van der Waals surface area contributed by atoms with E-state index in [0.29, 0.717) is 22.7 Å². The Bertz CT molecular complexity index is 953. The molecule has 0 saturated heterocycles. The van der Waals surface area contributed by atoms with E-state index in [1.807, 2.05) is 0 Å². The molecule has 4 atom stereocenters. The van der Waals surface area contributed by atoms with Crippen molar-refractivity contribution in [2.75, 3.05) is 0 Å². The van der Waals surface area contributed by atoms with E-state index in [1.165, 1.54) is 34.3 Å². The topological polar surface area (TPSA) is 9.23 Å². The Balaban J connectivity index is 1.44. The zero-order chi connectivity index (χ0) is 16.4. The molecule has 0 N–H and O–H groups in total. The van der Waals surface area contributed by atoms with E-state index < -0.39 is 15.8 Å². The molecule has 2 radical (unpaired) electrons. The Morgan fingerprint density at radius 1 is 0.880 bits per heavy atom. The third kappa shape index (κ3) is 2.06. The first kappa shape index (κ1) is 14.3. The summed E-state index contributed by atoms with van der Waals surface area (Å²) >= 11 is -0.423. The number of fused-ring (bicyclic) bond motifs is 3. The van der Waals surface area contributed by atoms with E-state index >= 15 is 0 Å². The van der Waals surface area contributed by atoms with Gasteiger partial charge >= 0.3 is 155 Å². The van der Waals surface area contributed by atoms with Gasteiger partial charge < -0.3 is 0 Å². The fourth-order valence-electron chi connectivity index (χ4n) is 4.81. The molecule has 4 aliphatic rings. The zero-order valence-corrected chi connectivity index (χ0v) is 16.0. The number of hydrogen-bond acceptors (Lipinski definition) is 1. The summed E-state index contributed by atoms with van der Waals surface area (Å²) < 4.78 is 7.15. The van der Waals surface area contributed by atoms with E-state index in [1.54, 1.807) is 5.57 Å². The maximum absolute atomic E-state index is 6.60. The average molecular weight is 383 g/mol. The third-order valence-corrected chi connectivity index (χ3v) is 8.39. The van der Waals surface area contributed by atoms with Crippen LogP contribution in [0.2, 0.25) is 4.75 Å². The van der Waals surface area contributed by atoms with Gasteiger partial charge in [0.1, 0.15) is 0 Å². The predicted molar refractivity (Wildman–Crippen MR) is 102 cm³/mol. The van der Waals surface area contributed by atoms with Crippen LogP contribution in [0.25, 0.3) is 11.1 Å². The molecule has 2 aromatic rings. The molecule has 0 bridgehead atoms.